The number of aliphatic carboxylic acids is 2. The molecule has 8 nitrogen and oxygen atoms in total. The van der Waals surface area contributed by atoms with Crippen LogP contribution in [0.1, 0.15) is 25.5 Å². The summed E-state index contributed by atoms with van der Waals surface area (Å²) in [5.74, 6) is -3.26. The number of carbonyl (C=O) groups is 3. The van der Waals surface area contributed by atoms with Crippen molar-refractivity contribution in [1.29, 1.82) is 0 Å². The third-order valence-electron chi connectivity index (χ3n) is 2.84. The van der Waals surface area contributed by atoms with E-state index in [2.05, 4.69) is 15.3 Å². The topological polar surface area (TPSA) is 132 Å². The van der Waals surface area contributed by atoms with Gasteiger partial charge in [0.1, 0.15) is 6.04 Å². The highest BCUT2D eigenvalue weighted by Crippen LogP contribution is 2.06. The molecule has 4 N–H and O–H groups in total. The van der Waals surface area contributed by atoms with Crippen LogP contribution in [-0.2, 0) is 20.8 Å². The van der Waals surface area contributed by atoms with Crippen LogP contribution in [0, 0.1) is 5.92 Å². The van der Waals surface area contributed by atoms with Crippen LogP contribution in [-0.4, -0.2) is 44.1 Å². The molecule has 20 heavy (non-hydrogen) atoms. The van der Waals surface area contributed by atoms with Crippen LogP contribution in [0.3, 0.4) is 0 Å². The highest BCUT2D eigenvalue weighted by atomic mass is 16.4. The van der Waals surface area contributed by atoms with E-state index in [0.29, 0.717) is 5.69 Å². The molecular formula is C12H17N3O5. The van der Waals surface area contributed by atoms with Crippen LogP contribution >= 0.6 is 0 Å². The Balaban J connectivity index is 2.47. The van der Waals surface area contributed by atoms with E-state index in [-0.39, 0.29) is 19.3 Å². The van der Waals surface area contributed by atoms with Gasteiger partial charge in [0, 0.05) is 24.7 Å². The van der Waals surface area contributed by atoms with E-state index >= 15 is 0 Å². The van der Waals surface area contributed by atoms with Crippen molar-refractivity contribution in [1.82, 2.24) is 15.3 Å². The minimum absolute atomic E-state index is 0.0276. The van der Waals surface area contributed by atoms with Gasteiger partial charge in [-0.05, 0) is 6.42 Å². The van der Waals surface area contributed by atoms with Gasteiger partial charge < -0.3 is 20.5 Å². The zero-order valence-electron chi connectivity index (χ0n) is 11.0. The lowest BCUT2D eigenvalue weighted by molar-refractivity contribution is -0.143. The van der Waals surface area contributed by atoms with Crippen LogP contribution in [0.5, 0.6) is 0 Å². The first kappa shape index (κ1) is 15.7. The lowest BCUT2D eigenvalue weighted by Crippen LogP contribution is -2.42. The minimum Gasteiger partial charge on any atom is -0.481 e. The molecule has 0 aromatic carbocycles. The second-order valence-electron chi connectivity index (χ2n) is 4.52. The molecule has 0 aliphatic carbocycles. The molecule has 0 fully saturated rings. The van der Waals surface area contributed by atoms with Crippen molar-refractivity contribution in [3.63, 3.8) is 0 Å². The van der Waals surface area contributed by atoms with Gasteiger partial charge in [0.25, 0.3) is 0 Å². The van der Waals surface area contributed by atoms with Gasteiger partial charge in [-0.2, -0.15) is 0 Å². The Bertz CT molecular complexity index is 471. The average Bonchev–Trinajstić information content (AvgIpc) is 2.87. The Morgan fingerprint density at radius 1 is 1.35 bits per heavy atom. The van der Waals surface area contributed by atoms with Crippen molar-refractivity contribution in [3.8, 4) is 0 Å². The number of carboxylic acids is 2. The number of imidazole rings is 1. The largest absolute Gasteiger partial charge is 0.481 e. The second-order valence-corrected chi connectivity index (χ2v) is 4.52. The lowest BCUT2D eigenvalue weighted by Gasteiger charge is -2.14. The van der Waals surface area contributed by atoms with Crippen LogP contribution in [0.2, 0.25) is 0 Å². The number of carbonyl (C=O) groups excluding carboxylic acids is 1. The zero-order chi connectivity index (χ0) is 15.1. The number of aromatic nitrogens is 2. The standard InChI is InChI=1S/C12H17N3O5/c1-7(11(17)18)2-3-10(16)15-9(12(19)20)4-8-5-13-6-14-8/h5-7,9H,2-4H2,1H3,(H,13,14)(H,15,16)(H,17,18)(H,19,20). The Morgan fingerprint density at radius 3 is 2.55 bits per heavy atom. The Morgan fingerprint density at radius 2 is 2.05 bits per heavy atom. The van der Waals surface area contributed by atoms with Crippen molar-refractivity contribution in [3.05, 3.63) is 18.2 Å². The molecule has 1 rings (SSSR count). The number of amides is 1. The number of H-pyrrole nitrogens is 1. The number of hydrogen-bond acceptors (Lipinski definition) is 4. The molecule has 2 atom stereocenters. The molecule has 0 spiro atoms. The SMILES string of the molecule is CC(CCC(=O)NC(Cc1cnc[nH]1)C(=O)O)C(=O)O. The third kappa shape index (κ3) is 5.09. The van der Waals surface area contributed by atoms with Crippen LogP contribution in [0.25, 0.3) is 0 Å². The molecule has 1 aromatic rings. The quantitative estimate of drug-likeness (QED) is 0.531. The summed E-state index contributed by atoms with van der Waals surface area (Å²) in [4.78, 5) is 39.8. The van der Waals surface area contributed by atoms with E-state index in [1.54, 1.807) is 0 Å². The Hall–Kier alpha value is -2.38. The van der Waals surface area contributed by atoms with Crippen molar-refractivity contribution in [2.24, 2.45) is 5.92 Å². The molecule has 0 radical (unpaired) electrons. The molecule has 1 amide bonds. The van der Waals surface area contributed by atoms with Gasteiger partial charge in [-0.25, -0.2) is 9.78 Å². The number of aromatic amines is 1. The molecule has 0 bridgehead atoms. The van der Waals surface area contributed by atoms with E-state index in [1.807, 2.05) is 0 Å². The number of carboxylic acid groups (broad SMARTS) is 2. The fourth-order valence-electron chi connectivity index (χ4n) is 1.55. The Labute approximate surface area is 115 Å². The number of nitrogens with one attached hydrogen (secondary N) is 2. The van der Waals surface area contributed by atoms with Crippen molar-refractivity contribution in [2.45, 2.75) is 32.2 Å². The molecular weight excluding hydrogens is 266 g/mol. The van der Waals surface area contributed by atoms with Gasteiger partial charge in [0.2, 0.25) is 5.91 Å². The van der Waals surface area contributed by atoms with Crippen LogP contribution < -0.4 is 5.32 Å². The maximum atomic E-state index is 11.6. The molecule has 2 unspecified atom stereocenters. The predicted octanol–water partition coefficient (Wildman–Crippen LogP) is 0.0225. The first-order valence-electron chi connectivity index (χ1n) is 6.12. The molecule has 1 aromatic heterocycles. The molecule has 0 aliphatic heterocycles. The summed E-state index contributed by atoms with van der Waals surface area (Å²) in [5.41, 5.74) is 0.594. The van der Waals surface area contributed by atoms with E-state index in [1.165, 1.54) is 19.4 Å². The van der Waals surface area contributed by atoms with Crippen molar-refractivity contribution in [2.75, 3.05) is 0 Å². The molecule has 8 heteroatoms. The van der Waals surface area contributed by atoms with Gasteiger partial charge in [0.05, 0.1) is 12.2 Å². The van der Waals surface area contributed by atoms with Gasteiger partial charge in [-0.1, -0.05) is 6.92 Å². The molecule has 0 aliphatic rings. The number of nitrogens with zero attached hydrogens (tertiary/aromatic N) is 1. The van der Waals surface area contributed by atoms with Crippen molar-refractivity contribution >= 4 is 17.8 Å². The fourth-order valence-corrected chi connectivity index (χ4v) is 1.55. The van der Waals surface area contributed by atoms with E-state index in [0.717, 1.165) is 0 Å². The van der Waals surface area contributed by atoms with E-state index in [4.69, 9.17) is 10.2 Å². The predicted molar refractivity (Wildman–Crippen MR) is 67.9 cm³/mol. The molecule has 0 saturated heterocycles. The maximum absolute atomic E-state index is 11.6. The highest BCUT2D eigenvalue weighted by molar-refractivity contribution is 5.84. The average molecular weight is 283 g/mol. The van der Waals surface area contributed by atoms with Crippen LogP contribution in [0.15, 0.2) is 12.5 Å². The molecule has 110 valence electrons. The number of rotatable bonds is 8. The molecule has 1 heterocycles. The van der Waals surface area contributed by atoms with E-state index in [9.17, 15) is 14.4 Å². The minimum atomic E-state index is -1.15. The normalized spacial score (nSPS) is 13.4. The van der Waals surface area contributed by atoms with Gasteiger partial charge >= 0.3 is 11.9 Å². The van der Waals surface area contributed by atoms with Gasteiger partial charge in [-0.3, -0.25) is 9.59 Å². The summed E-state index contributed by atoms with van der Waals surface area (Å²) in [6, 6.07) is -1.07. The summed E-state index contributed by atoms with van der Waals surface area (Å²) in [6.45, 7) is 1.49. The smallest absolute Gasteiger partial charge is 0.326 e. The number of hydrogen-bond donors (Lipinski definition) is 4. The summed E-state index contributed by atoms with van der Waals surface area (Å²) < 4.78 is 0. The molecule has 0 saturated carbocycles. The van der Waals surface area contributed by atoms with Crippen molar-refractivity contribution < 1.29 is 24.6 Å². The summed E-state index contributed by atoms with van der Waals surface area (Å²) in [6.07, 6.45) is 3.13. The lowest BCUT2D eigenvalue weighted by atomic mass is 10.1. The van der Waals surface area contributed by atoms with Gasteiger partial charge in [-0.15, -0.1) is 0 Å². The fraction of sp³-hybridized carbons (Fsp3) is 0.500. The monoisotopic (exact) mass is 283 g/mol. The summed E-state index contributed by atoms with van der Waals surface area (Å²) >= 11 is 0. The first-order valence-corrected chi connectivity index (χ1v) is 6.12. The van der Waals surface area contributed by atoms with E-state index < -0.39 is 29.8 Å². The van der Waals surface area contributed by atoms with Crippen LogP contribution in [0.4, 0.5) is 0 Å². The first-order chi connectivity index (χ1) is 9.40. The highest BCUT2D eigenvalue weighted by Gasteiger charge is 2.21. The Kier molecular flexibility index (Phi) is 5.70. The zero-order valence-corrected chi connectivity index (χ0v) is 11.0. The third-order valence-corrected chi connectivity index (χ3v) is 2.84. The maximum Gasteiger partial charge on any atom is 0.326 e. The van der Waals surface area contributed by atoms with Gasteiger partial charge in [0.15, 0.2) is 0 Å². The second kappa shape index (κ2) is 7.27. The summed E-state index contributed by atoms with van der Waals surface area (Å²) in [5, 5.41) is 20.1. The summed E-state index contributed by atoms with van der Waals surface area (Å²) in [7, 11) is 0.